The first kappa shape index (κ1) is 13.6. The molecule has 0 aliphatic carbocycles. The molecule has 1 saturated heterocycles. The molecule has 1 aliphatic heterocycles. The molecule has 2 rings (SSSR count). The molecule has 1 fully saturated rings. The fourth-order valence-electron chi connectivity index (χ4n) is 2.17. The van der Waals surface area contributed by atoms with Crippen molar-refractivity contribution in [2.75, 3.05) is 26.2 Å². The molecule has 1 N–H and O–H groups in total. The van der Waals surface area contributed by atoms with E-state index in [0.717, 1.165) is 0 Å². The summed E-state index contributed by atoms with van der Waals surface area (Å²) in [5.41, 5.74) is 0.565. The Morgan fingerprint density at radius 2 is 1.84 bits per heavy atom. The van der Waals surface area contributed by atoms with E-state index < -0.39 is 6.10 Å². The highest BCUT2D eigenvalue weighted by molar-refractivity contribution is 5.95. The maximum Gasteiger partial charge on any atom is 0.257 e. The summed E-state index contributed by atoms with van der Waals surface area (Å²) in [6.45, 7) is 5.05. The zero-order chi connectivity index (χ0) is 14.0. The number of amides is 2. The molecule has 6 heteroatoms. The van der Waals surface area contributed by atoms with Crippen LogP contribution in [0.4, 0.5) is 0 Å². The normalized spacial score (nSPS) is 17.4. The fourth-order valence-corrected chi connectivity index (χ4v) is 2.17. The second kappa shape index (κ2) is 5.44. The van der Waals surface area contributed by atoms with E-state index in [1.165, 1.54) is 13.2 Å². The van der Waals surface area contributed by atoms with Gasteiger partial charge in [0, 0.05) is 26.2 Å². The van der Waals surface area contributed by atoms with Crippen molar-refractivity contribution in [3.63, 3.8) is 0 Å². The largest absolute Gasteiger partial charge is 0.469 e. The molecular weight excluding hydrogens is 248 g/mol. The Balaban J connectivity index is 1.95. The van der Waals surface area contributed by atoms with Crippen LogP contribution in [0, 0.1) is 6.92 Å². The van der Waals surface area contributed by atoms with E-state index in [1.54, 1.807) is 22.8 Å². The Kier molecular flexibility index (Phi) is 3.90. The minimum Gasteiger partial charge on any atom is -0.469 e. The van der Waals surface area contributed by atoms with Crippen molar-refractivity contribution in [3.8, 4) is 0 Å². The summed E-state index contributed by atoms with van der Waals surface area (Å²) in [4.78, 5) is 27.1. The maximum atomic E-state index is 12.2. The van der Waals surface area contributed by atoms with Gasteiger partial charge in [-0.05, 0) is 19.9 Å². The third kappa shape index (κ3) is 2.78. The zero-order valence-corrected chi connectivity index (χ0v) is 11.1. The van der Waals surface area contributed by atoms with E-state index in [2.05, 4.69) is 0 Å². The van der Waals surface area contributed by atoms with Crippen molar-refractivity contribution in [2.45, 2.75) is 20.0 Å². The van der Waals surface area contributed by atoms with Gasteiger partial charge in [0.25, 0.3) is 11.8 Å². The van der Waals surface area contributed by atoms with Crippen molar-refractivity contribution in [2.24, 2.45) is 0 Å². The van der Waals surface area contributed by atoms with Crippen LogP contribution < -0.4 is 0 Å². The van der Waals surface area contributed by atoms with Gasteiger partial charge < -0.3 is 19.3 Å². The summed E-state index contributed by atoms with van der Waals surface area (Å²) in [6, 6.07) is 1.66. The van der Waals surface area contributed by atoms with Gasteiger partial charge in [-0.3, -0.25) is 9.59 Å². The number of piperazine rings is 1. The zero-order valence-electron chi connectivity index (χ0n) is 11.1. The molecule has 19 heavy (non-hydrogen) atoms. The fraction of sp³-hybridized carbons (Fsp3) is 0.538. The third-order valence-electron chi connectivity index (χ3n) is 3.33. The summed E-state index contributed by atoms with van der Waals surface area (Å²) in [6.07, 6.45) is 0.508. The first-order chi connectivity index (χ1) is 9.00. The summed E-state index contributed by atoms with van der Waals surface area (Å²) >= 11 is 0. The quantitative estimate of drug-likeness (QED) is 0.833. The van der Waals surface area contributed by atoms with Gasteiger partial charge in [0.1, 0.15) is 11.9 Å². The number of carbonyl (C=O) groups excluding carboxylic acids is 2. The smallest absolute Gasteiger partial charge is 0.257 e. The standard InChI is InChI=1S/C13H18N2O4/c1-9(16)12(17)14-4-6-15(7-5-14)13(18)11-3-8-19-10(11)2/h3,8-9,16H,4-7H2,1-2H3. The van der Waals surface area contributed by atoms with Crippen LogP contribution in [0.1, 0.15) is 23.0 Å². The average Bonchev–Trinajstić information content (AvgIpc) is 2.83. The van der Waals surface area contributed by atoms with E-state index in [0.29, 0.717) is 37.5 Å². The van der Waals surface area contributed by atoms with Gasteiger partial charge in [-0.1, -0.05) is 0 Å². The predicted octanol–water partition coefficient (Wildman–Crippen LogP) is 0.253. The maximum absolute atomic E-state index is 12.2. The van der Waals surface area contributed by atoms with E-state index in [1.807, 2.05) is 0 Å². The molecule has 1 unspecified atom stereocenters. The van der Waals surface area contributed by atoms with Crippen molar-refractivity contribution in [1.82, 2.24) is 9.80 Å². The van der Waals surface area contributed by atoms with Crippen LogP contribution in [-0.2, 0) is 4.79 Å². The second-order valence-corrected chi connectivity index (χ2v) is 4.68. The van der Waals surface area contributed by atoms with Gasteiger partial charge in [0.2, 0.25) is 0 Å². The number of aryl methyl sites for hydroxylation is 1. The Morgan fingerprint density at radius 3 is 2.32 bits per heavy atom. The van der Waals surface area contributed by atoms with Gasteiger partial charge in [0.05, 0.1) is 11.8 Å². The Morgan fingerprint density at radius 1 is 1.26 bits per heavy atom. The minimum atomic E-state index is -0.988. The number of carbonyl (C=O) groups is 2. The highest BCUT2D eigenvalue weighted by atomic mass is 16.3. The molecule has 0 aromatic carbocycles. The van der Waals surface area contributed by atoms with Crippen LogP contribution in [0.15, 0.2) is 16.7 Å². The van der Waals surface area contributed by atoms with E-state index >= 15 is 0 Å². The second-order valence-electron chi connectivity index (χ2n) is 4.68. The molecule has 1 atom stereocenters. The predicted molar refractivity (Wildman–Crippen MR) is 67.6 cm³/mol. The SMILES string of the molecule is Cc1occc1C(=O)N1CCN(C(=O)C(C)O)CC1. The highest BCUT2D eigenvalue weighted by Crippen LogP contribution is 2.14. The minimum absolute atomic E-state index is 0.0737. The van der Waals surface area contributed by atoms with Crippen molar-refractivity contribution >= 4 is 11.8 Å². The molecule has 1 aromatic heterocycles. The van der Waals surface area contributed by atoms with E-state index in [-0.39, 0.29) is 11.8 Å². The van der Waals surface area contributed by atoms with Gasteiger partial charge in [-0.2, -0.15) is 0 Å². The lowest BCUT2D eigenvalue weighted by molar-refractivity contribution is -0.140. The molecule has 1 aliphatic rings. The molecule has 6 nitrogen and oxygen atoms in total. The molecule has 2 amide bonds. The number of hydrogen-bond donors (Lipinski definition) is 1. The molecule has 1 aromatic rings. The molecule has 0 spiro atoms. The number of hydrogen-bond acceptors (Lipinski definition) is 4. The number of aliphatic hydroxyl groups excluding tert-OH is 1. The lowest BCUT2D eigenvalue weighted by Crippen LogP contribution is -2.52. The number of furan rings is 1. The van der Waals surface area contributed by atoms with Gasteiger partial charge in [0.15, 0.2) is 0 Å². The summed E-state index contributed by atoms with van der Waals surface area (Å²) in [5.74, 6) is 0.245. The average molecular weight is 266 g/mol. The third-order valence-corrected chi connectivity index (χ3v) is 3.33. The highest BCUT2D eigenvalue weighted by Gasteiger charge is 2.27. The topological polar surface area (TPSA) is 74.0 Å². The Labute approximate surface area is 111 Å². The Bertz CT molecular complexity index is 473. The van der Waals surface area contributed by atoms with E-state index in [4.69, 9.17) is 4.42 Å². The van der Waals surface area contributed by atoms with Crippen LogP contribution in [0.25, 0.3) is 0 Å². The molecule has 0 radical (unpaired) electrons. The lowest BCUT2D eigenvalue weighted by Gasteiger charge is -2.35. The summed E-state index contributed by atoms with van der Waals surface area (Å²) in [5, 5.41) is 9.25. The van der Waals surface area contributed by atoms with Crippen LogP contribution >= 0.6 is 0 Å². The first-order valence-electron chi connectivity index (χ1n) is 6.31. The van der Waals surface area contributed by atoms with Crippen molar-refractivity contribution in [3.05, 3.63) is 23.7 Å². The number of rotatable bonds is 2. The van der Waals surface area contributed by atoms with Crippen LogP contribution in [0.5, 0.6) is 0 Å². The van der Waals surface area contributed by atoms with Gasteiger partial charge >= 0.3 is 0 Å². The summed E-state index contributed by atoms with van der Waals surface area (Å²) in [7, 11) is 0. The molecule has 104 valence electrons. The monoisotopic (exact) mass is 266 g/mol. The molecule has 2 heterocycles. The van der Waals surface area contributed by atoms with Gasteiger partial charge in [-0.25, -0.2) is 0 Å². The first-order valence-corrected chi connectivity index (χ1v) is 6.31. The number of aliphatic hydroxyl groups is 1. The van der Waals surface area contributed by atoms with Crippen LogP contribution in [0.3, 0.4) is 0 Å². The molecule has 0 saturated carbocycles. The lowest BCUT2D eigenvalue weighted by atomic mass is 10.2. The van der Waals surface area contributed by atoms with E-state index in [9.17, 15) is 14.7 Å². The molecule has 0 bridgehead atoms. The Hall–Kier alpha value is -1.82. The van der Waals surface area contributed by atoms with Crippen LogP contribution in [-0.4, -0.2) is 59.0 Å². The van der Waals surface area contributed by atoms with Crippen molar-refractivity contribution in [1.29, 1.82) is 0 Å². The summed E-state index contributed by atoms with van der Waals surface area (Å²) < 4.78 is 5.12. The van der Waals surface area contributed by atoms with Crippen molar-refractivity contribution < 1.29 is 19.1 Å². The number of nitrogens with zero attached hydrogens (tertiary/aromatic N) is 2. The molecular formula is C13H18N2O4. The van der Waals surface area contributed by atoms with Gasteiger partial charge in [-0.15, -0.1) is 0 Å². The van der Waals surface area contributed by atoms with Crippen LogP contribution in [0.2, 0.25) is 0 Å².